The minimum atomic E-state index is -1.04. The third-order valence-corrected chi connectivity index (χ3v) is 2.63. The molecule has 2 heterocycles. The van der Waals surface area contributed by atoms with Crippen LogP contribution in [0.4, 0.5) is 0 Å². The zero-order chi connectivity index (χ0) is 15.2. The molecule has 2 rings (SSSR count). The summed E-state index contributed by atoms with van der Waals surface area (Å²) in [7, 11) is 0. The second-order valence-corrected chi connectivity index (χ2v) is 4.21. The Morgan fingerprint density at radius 2 is 2.19 bits per heavy atom. The van der Waals surface area contributed by atoms with Crippen molar-refractivity contribution in [2.24, 2.45) is 0 Å². The zero-order valence-corrected chi connectivity index (χ0v) is 11.1. The lowest BCUT2D eigenvalue weighted by atomic mass is 10.2. The van der Waals surface area contributed by atoms with Crippen molar-refractivity contribution in [1.82, 2.24) is 25.5 Å². The molecule has 0 saturated heterocycles. The molecule has 1 unspecified atom stereocenters. The molecule has 0 aliphatic heterocycles. The van der Waals surface area contributed by atoms with Crippen molar-refractivity contribution in [2.45, 2.75) is 13.0 Å². The average molecular weight is 287 g/mol. The Morgan fingerprint density at radius 3 is 2.76 bits per heavy atom. The first-order chi connectivity index (χ1) is 10.1. The van der Waals surface area contributed by atoms with Gasteiger partial charge in [-0.1, -0.05) is 6.07 Å². The summed E-state index contributed by atoms with van der Waals surface area (Å²) in [6.45, 7) is 1.77. The van der Waals surface area contributed by atoms with E-state index in [1.54, 1.807) is 13.0 Å². The minimum absolute atomic E-state index is 0.230. The van der Waals surface area contributed by atoms with Gasteiger partial charge in [0, 0.05) is 12.3 Å². The first-order valence-corrected chi connectivity index (χ1v) is 6.09. The summed E-state index contributed by atoms with van der Waals surface area (Å²) >= 11 is 0. The number of nitrogens with zero attached hydrogens (tertiary/aromatic N) is 3. The number of rotatable bonds is 5. The smallest absolute Gasteiger partial charge is 0.328 e. The van der Waals surface area contributed by atoms with Gasteiger partial charge in [-0.2, -0.15) is 5.10 Å². The lowest BCUT2D eigenvalue weighted by Gasteiger charge is -2.10. The van der Waals surface area contributed by atoms with Gasteiger partial charge in [-0.15, -0.1) is 0 Å². The Labute approximate surface area is 119 Å². The molecule has 0 spiro atoms. The number of carbonyl (C=O) groups excluding carboxylic acids is 1. The van der Waals surface area contributed by atoms with Gasteiger partial charge in [-0.25, -0.2) is 9.78 Å². The quantitative estimate of drug-likeness (QED) is 0.699. The van der Waals surface area contributed by atoms with Crippen molar-refractivity contribution < 1.29 is 14.7 Å². The van der Waals surface area contributed by atoms with Gasteiger partial charge in [0.05, 0.1) is 6.04 Å². The summed E-state index contributed by atoms with van der Waals surface area (Å²) in [4.78, 5) is 30.3. The number of carboxylic acids is 1. The fourth-order valence-corrected chi connectivity index (χ4v) is 1.57. The van der Waals surface area contributed by atoms with Crippen LogP contribution < -0.4 is 5.32 Å². The van der Waals surface area contributed by atoms with Crippen molar-refractivity contribution in [3.05, 3.63) is 47.8 Å². The van der Waals surface area contributed by atoms with Crippen LogP contribution in [0.3, 0.4) is 0 Å². The minimum Gasteiger partial charge on any atom is -0.478 e. The molecule has 0 aromatic carbocycles. The molecule has 0 saturated carbocycles. The van der Waals surface area contributed by atoms with E-state index in [0.717, 1.165) is 6.08 Å². The number of hydrogen-bond acceptors (Lipinski definition) is 5. The molecular weight excluding hydrogens is 274 g/mol. The summed E-state index contributed by atoms with van der Waals surface area (Å²) in [5.74, 6) is -0.852. The van der Waals surface area contributed by atoms with E-state index >= 15 is 0 Å². The monoisotopic (exact) mass is 287 g/mol. The standard InChI is InChI=1S/C13H13N5O3/c1-8(12-15-7-16-18-12)17-13(21)10-4-2-9(6-14-10)3-5-11(19)20/h2-8H,1H3,(H,17,21)(H,19,20)(H,15,16,18)/b5-3+. The number of pyridine rings is 1. The maximum Gasteiger partial charge on any atom is 0.328 e. The van der Waals surface area contributed by atoms with Gasteiger partial charge < -0.3 is 10.4 Å². The molecule has 8 nitrogen and oxygen atoms in total. The zero-order valence-electron chi connectivity index (χ0n) is 11.1. The highest BCUT2D eigenvalue weighted by molar-refractivity contribution is 5.92. The number of aliphatic carboxylic acids is 1. The summed E-state index contributed by atoms with van der Waals surface area (Å²) < 4.78 is 0. The van der Waals surface area contributed by atoms with Crippen LogP contribution in [0.15, 0.2) is 30.7 Å². The first-order valence-electron chi connectivity index (χ1n) is 6.09. The number of aromatic amines is 1. The van der Waals surface area contributed by atoms with Crippen LogP contribution in [-0.2, 0) is 4.79 Å². The van der Waals surface area contributed by atoms with E-state index in [1.165, 1.54) is 24.7 Å². The summed E-state index contributed by atoms with van der Waals surface area (Å²) in [6, 6.07) is 2.80. The normalized spacial score (nSPS) is 12.2. The van der Waals surface area contributed by atoms with E-state index in [4.69, 9.17) is 5.11 Å². The number of H-pyrrole nitrogens is 1. The SMILES string of the molecule is CC(NC(=O)c1ccc(/C=C/C(=O)O)cn1)c1ncn[nH]1. The van der Waals surface area contributed by atoms with E-state index in [-0.39, 0.29) is 17.6 Å². The van der Waals surface area contributed by atoms with E-state index in [0.29, 0.717) is 11.4 Å². The molecule has 3 N–H and O–H groups in total. The molecule has 0 fully saturated rings. The Balaban J connectivity index is 2.01. The number of carboxylic acid groups (broad SMARTS) is 1. The number of carbonyl (C=O) groups is 2. The second kappa shape index (κ2) is 6.42. The van der Waals surface area contributed by atoms with Crippen LogP contribution in [-0.4, -0.2) is 37.1 Å². The highest BCUT2D eigenvalue weighted by Crippen LogP contribution is 2.07. The van der Waals surface area contributed by atoms with E-state index in [2.05, 4.69) is 25.5 Å². The van der Waals surface area contributed by atoms with Crippen molar-refractivity contribution in [2.75, 3.05) is 0 Å². The van der Waals surface area contributed by atoms with E-state index < -0.39 is 5.97 Å². The Morgan fingerprint density at radius 1 is 1.38 bits per heavy atom. The topological polar surface area (TPSA) is 121 Å². The van der Waals surface area contributed by atoms with Gasteiger partial charge >= 0.3 is 5.97 Å². The fourth-order valence-electron chi connectivity index (χ4n) is 1.57. The van der Waals surface area contributed by atoms with Gasteiger partial charge in [-0.05, 0) is 24.6 Å². The lowest BCUT2D eigenvalue weighted by molar-refractivity contribution is -0.131. The van der Waals surface area contributed by atoms with Crippen molar-refractivity contribution >= 4 is 18.0 Å². The van der Waals surface area contributed by atoms with Crippen LogP contribution in [0.25, 0.3) is 6.08 Å². The number of nitrogens with one attached hydrogen (secondary N) is 2. The highest BCUT2D eigenvalue weighted by atomic mass is 16.4. The molecule has 0 aliphatic rings. The first kappa shape index (κ1) is 14.4. The third kappa shape index (κ3) is 3.96. The summed E-state index contributed by atoms with van der Waals surface area (Å²) in [6.07, 6.45) is 5.18. The van der Waals surface area contributed by atoms with Crippen LogP contribution in [0.2, 0.25) is 0 Å². The second-order valence-electron chi connectivity index (χ2n) is 4.21. The average Bonchev–Trinajstić information content (AvgIpc) is 3.00. The lowest BCUT2D eigenvalue weighted by Crippen LogP contribution is -2.28. The molecule has 0 aliphatic carbocycles. The Kier molecular flexibility index (Phi) is 4.39. The molecule has 21 heavy (non-hydrogen) atoms. The predicted octanol–water partition coefficient (Wildman–Crippen LogP) is 0.788. The Hall–Kier alpha value is -3.03. The molecule has 2 aromatic heterocycles. The predicted molar refractivity (Wildman–Crippen MR) is 73.2 cm³/mol. The molecule has 0 radical (unpaired) electrons. The summed E-state index contributed by atoms with van der Waals surface area (Å²) in [5.41, 5.74) is 0.825. The Bertz CT molecular complexity index is 649. The molecule has 8 heteroatoms. The van der Waals surface area contributed by atoms with Crippen LogP contribution >= 0.6 is 0 Å². The molecule has 1 amide bonds. The third-order valence-electron chi connectivity index (χ3n) is 2.63. The van der Waals surface area contributed by atoms with Crippen molar-refractivity contribution in [3.8, 4) is 0 Å². The number of aromatic nitrogens is 4. The molecule has 1 atom stereocenters. The van der Waals surface area contributed by atoms with Gasteiger partial charge in [0.2, 0.25) is 0 Å². The summed E-state index contributed by atoms with van der Waals surface area (Å²) in [5, 5.41) is 17.6. The molecular formula is C13H13N5O3. The number of amides is 1. The maximum absolute atomic E-state index is 12.0. The maximum atomic E-state index is 12.0. The molecule has 108 valence electrons. The fraction of sp³-hybridized carbons (Fsp3) is 0.154. The van der Waals surface area contributed by atoms with Gasteiger partial charge in [-0.3, -0.25) is 14.9 Å². The largest absolute Gasteiger partial charge is 0.478 e. The van der Waals surface area contributed by atoms with Gasteiger partial charge in [0.25, 0.3) is 5.91 Å². The number of hydrogen-bond donors (Lipinski definition) is 3. The van der Waals surface area contributed by atoms with E-state index in [1.807, 2.05) is 0 Å². The van der Waals surface area contributed by atoms with Crippen molar-refractivity contribution in [1.29, 1.82) is 0 Å². The van der Waals surface area contributed by atoms with E-state index in [9.17, 15) is 9.59 Å². The molecule has 0 bridgehead atoms. The highest BCUT2D eigenvalue weighted by Gasteiger charge is 2.14. The van der Waals surface area contributed by atoms with Crippen LogP contribution in [0.5, 0.6) is 0 Å². The van der Waals surface area contributed by atoms with Crippen molar-refractivity contribution in [3.63, 3.8) is 0 Å². The van der Waals surface area contributed by atoms with Gasteiger partial charge in [0.15, 0.2) is 0 Å². The van der Waals surface area contributed by atoms with Crippen LogP contribution in [0.1, 0.15) is 34.8 Å². The van der Waals surface area contributed by atoms with Gasteiger partial charge in [0.1, 0.15) is 17.8 Å². The molecule has 2 aromatic rings. The van der Waals surface area contributed by atoms with Crippen LogP contribution in [0, 0.1) is 0 Å².